The van der Waals surface area contributed by atoms with E-state index in [2.05, 4.69) is 20.6 Å². The largest absolute Gasteiger partial charge is 0.431 e. The molecule has 2 aromatic rings. The van der Waals surface area contributed by atoms with Gasteiger partial charge in [-0.15, -0.1) is 0 Å². The van der Waals surface area contributed by atoms with Crippen LogP contribution in [0.25, 0.3) is 0 Å². The number of rotatable bonds is 5. The molecule has 9 nitrogen and oxygen atoms in total. The molecule has 3 rings (SSSR count). The Morgan fingerprint density at radius 2 is 1.96 bits per heavy atom. The highest BCUT2D eigenvalue weighted by Gasteiger charge is 2.30. The number of anilines is 2. The number of hydrogen-bond acceptors (Lipinski definition) is 7. The van der Waals surface area contributed by atoms with Crippen LogP contribution in [-0.4, -0.2) is 46.7 Å². The van der Waals surface area contributed by atoms with Gasteiger partial charge in [-0.05, 0) is 19.8 Å². The number of carbonyl (C=O) groups is 3. The van der Waals surface area contributed by atoms with Crippen LogP contribution in [0.1, 0.15) is 38.7 Å². The molecule has 0 radical (unpaired) electrons. The lowest BCUT2D eigenvalue weighted by Crippen LogP contribution is -2.21. The van der Waals surface area contributed by atoms with E-state index >= 15 is 0 Å². The monoisotopic (exact) mass is 363 g/mol. The van der Waals surface area contributed by atoms with Crippen LogP contribution in [0.2, 0.25) is 0 Å². The zero-order valence-corrected chi connectivity index (χ0v) is 14.8. The molecule has 0 bridgehead atoms. The van der Waals surface area contributed by atoms with Gasteiger partial charge in [0.15, 0.2) is 10.8 Å². The van der Waals surface area contributed by atoms with Gasteiger partial charge in [-0.25, -0.2) is 4.98 Å². The van der Waals surface area contributed by atoms with Gasteiger partial charge in [0.2, 0.25) is 5.91 Å². The van der Waals surface area contributed by atoms with E-state index in [1.807, 2.05) is 0 Å². The summed E-state index contributed by atoms with van der Waals surface area (Å²) in [5, 5.41) is 5.39. The van der Waals surface area contributed by atoms with E-state index < -0.39 is 5.91 Å². The highest BCUT2D eigenvalue weighted by Crippen LogP contribution is 2.30. The summed E-state index contributed by atoms with van der Waals surface area (Å²) in [4.78, 5) is 45.9. The molecule has 0 aliphatic heterocycles. The van der Waals surface area contributed by atoms with Crippen molar-refractivity contribution < 1.29 is 18.8 Å². The van der Waals surface area contributed by atoms with Crippen molar-refractivity contribution in [3.05, 3.63) is 22.5 Å². The van der Waals surface area contributed by atoms with Crippen LogP contribution in [-0.2, 0) is 4.79 Å². The Hall–Kier alpha value is -2.75. The van der Waals surface area contributed by atoms with E-state index in [0.29, 0.717) is 15.7 Å². The molecule has 0 saturated heterocycles. The molecule has 1 saturated carbocycles. The average molecular weight is 363 g/mol. The number of aromatic nitrogens is 2. The maximum atomic E-state index is 12.2. The van der Waals surface area contributed by atoms with Gasteiger partial charge >= 0.3 is 6.01 Å². The van der Waals surface area contributed by atoms with Crippen molar-refractivity contribution in [2.45, 2.75) is 19.8 Å². The van der Waals surface area contributed by atoms with Gasteiger partial charge < -0.3 is 9.32 Å². The normalized spacial score (nSPS) is 13.4. The fourth-order valence-corrected chi connectivity index (χ4v) is 2.98. The molecule has 0 spiro atoms. The Labute approximate surface area is 147 Å². The van der Waals surface area contributed by atoms with Crippen LogP contribution >= 0.6 is 11.3 Å². The van der Waals surface area contributed by atoms with E-state index in [1.165, 1.54) is 4.90 Å². The molecule has 10 heteroatoms. The first-order valence-corrected chi connectivity index (χ1v) is 8.43. The highest BCUT2D eigenvalue weighted by molar-refractivity contribution is 7.17. The van der Waals surface area contributed by atoms with Crippen LogP contribution < -0.4 is 10.6 Å². The number of aryl methyl sites for hydroxylation is 1. The fourth-order valence-electron chi connectivity index (χ4n) is 2.00. The minimum absolute atomic E-state index is 0.00938. The Kier molecular flexibility index (Phi) is 4.53. The maximum Gasteiger partial charge on any atom is 0.302 e. The third kappa shape index (κ3) is 3.85. The number of carbonyl (C=O) groups excluding carboxylic acids is 3. The highest BCUT2D eigenvalue weighted by atomic mass is 32.1. The maximum absolute atomic E-state index is 12.2. The summed E-state index contributed by atoms with van der Waals surface area (Å²) in [7, 11) is 3.29. The van der Waals surface area contributed by atoms with Crippen LogP contribution in [0.5, 0.6) is 0 Å². The molecule has 25 heavy (non-hydrogen) atoms. The summed E-state index contributed by atoms with van der Waals surface area (Å²) < 4.78 is 5.09. The van der Waals surface area contributed by atoms with E-state index in [0.717, 1.165) is 30.4 Å². The Bertz CT molecular complexity index is 837. The quantitative estimate of drug-likeness (QED) is 0.835. The first kappa shape index (κ1) is 17.1. The number of amides is 3. The first-order valence-electron chi connectivity index (χ1n) is 7.62. The van der Waals surface area contributed by atoms with E-state index in [-0.39, 0.29) is 29.4 Å². The van der Waals surface area contributed by atoms with Gasteiger partial charge in [0.25, 0.3) is 11.8 Å². The van der Waals surface area contributed by atoms with Gasteiger partial charge in [0, 0.05) is 20.0 Å². The topological polar surface area (TPSA) is 117 Å². The number of oxazole rings is 1. The fraction of sp³-hybridized carbons (Fsp3) is 0.400. The van der Waals surface area contributed by atoms with E-state index in [4.69, 9.17) is 4.42 Å². The Morgan fingerprint density at radius 1 is 1.24 bits per heavy atom. The zero-order chi connectivity index (χ0) is 18.1. The van der Waals surface area contributed by atoms with Gasteiger partial charge in [-0.1, -0.05) is 11.3 Å². The van der Waals surface area contributed by atoms with Crippen molar-refractivity contribution in [2.75, 3.05) is 24.7 Å². The van der Waals surface area contributed by atoms with Crippen molar-refractivity contribution >= 4 is 40.2 Å². The third-order valence-electron chi connectivity index (χ3n) is 3.53. The van der Waals surface area contributed by atoms with Crippen molar-refractivity contribution in [3.8, 4) is 0 Å². The van der Waals surface area contributed by atoms with Crippen LogP contribution in [0, 0.1) is 12.8 Å². The number of nitrogens with zero attached hydrogens (tertiary/aromatic N) is 3. The molecule has 0 unspecified atom stereocenters. The molecule has 2 aromatic heterocycles. The molecule has 0 aromatic carbocycles. The van der Waals surface area contributed by atoms with Crippen LogP contribution in [0.3, 0.4) is 0 Å². The van der Waals surface area contributed by atoms with Gasteiger partial charge in [-0.2, -0.15) is 4.98 Å². The summed E-state index contributed by atoms with van der Waals surface area (Å²) in [5.74, 6) is -0.860. The number of hydrogen-bond donors (Lipinski definition) is 2. The molecule has 0 atom stereocenters. The summed E-state index contributed by atoms with van der Waals surface area (Å²) in [6.45, 7) is 1.70. The van der Waals surface area contributed by atoms with Gasteiger partial charge in [-0.3, -0.25) is 25.0 Å². The smallest absolute Gasteiger partial charge is 0.302 e. The lowest BCUT2D eigenvalue weighted by molar-refractivity contribution is -0.117. The second-order valence-electron chi connectivity index (χ2n) is 5.89. The standard InChI is InChI=1S/C15H17N5O4S/c1-7-10(13(23)20(2)3)25-15(16-7)19-12(22)9-6-24-14(17-9)18-11(21)8-4-5-8/h6,8H,4-5H2,1-3H3,(H,16,19,22)(H,17,18,21). The average Bonchev–Trinajstić information content (AvgIpc) is 3.21. The molecule has 3 amide bonds. The Balaban J connectivity index is 1.66. The molecule has 2 N–H and O–H groups in total. The zero-order valence-electron chi connectivity index (χ0n) is 14.0. The predicted octanol–water partition coefficient (Wildman–Crippen LogP) is 1.74. The first-order chi connectivity index (χ1) is 11.8. The summed E-state index contributed by atoms with van der Waals surface area (Å²) in [5.41, 5.74) is 0.552. The second kappa shape index (κ2) is 6.63. The molecule has 132 valence electrons. The summed E-state index contributed by atoms with van der Waals surface area (Å²) in [6, 6.07) is -0.0131. The SMILES string of the molecule is Cc1nc(NC(=O)c2coc(NC(=O)C3CC3)n2)sc1C(=O)N(C)C. The Morgan fingerprint density at radius 3 is 2.60 bits per heavy atom. The molecule has 1 fully saturated rings. The lowest BCUT2D eigenvalue weighted by Gasteiger charge is -2.07. The molecular weight excluding hydrogens is 346 g/mol. The van der Waals surface area contributed by atoms with E-state index in [1.54, 1.807) is 21.0 Å². The number of thiazole rings is 1. The second-order valence-corrected chi connectivity index (χ2v) is 6.89. The van der Waals surface area contributed by atoms with Crippen LogP contribution in [0.4, 0.5) is 11.1 Å². The minimum atomic E-state index is -0.534. The van der Waals surface area contributed by atoms with Gasteiger partial charge in [0.1, 0.15) is 11.1 Å². The van der Waals surface area contributed by atoms with Gasteiger partial charge in [0.05, 0.1) is 5.69 Å². The number of nitrogens with one attached hydrogen (secondary N) is 2. The van der Waals surface area contributed by atoms with Crippen molar-refractivity contribution in [1.29, 1.82) is 0 Å². The predicted molar refractivity (Wildman–Crippen MR) is 90.7 cm³/mol. The van der Waals surface area contributed by atoms with E-state index in [9.17, 15) is 14.4 Å². The molecule has 1 aliphatic rings. The molecule has 1 aliphatic carbocycles. The minimum Gasteiger partial charge on any atom is -0.431 e. The summed E-state index contributed by atoms with van der Waals surface area (Å²) in [6.07, 6.45) is 2.87. The van der Waals surface area contributed by atoms with Crippen molar-refractivity contribution in [3.63, 3.8) is 0 Å². The third-order valence-corrected chi connectivity index (χ3v) is 4.59. The molecule has 2 heterocycles. The van der Waals surface area contributed by atoms with Crippen molar-refractivity contribution in [2.24, 2.45) is 5.92 Å². The van der Waals surface area contributed by atoms with Crippen LogP contribution in [0.15, 0.2) is 10.7 Å². The lowest BCUT2D eigenvalue weighted by atomic mass is 10.3. The van der Waals surface area contributed by atoms with Crippen molar-refractivity contribution in [1.82, 2.24) is 14.9 Å². The summed E-state index contributed by atoms with van der Waals surface area (Å²) >= 11 is 1.09. The molecular formula is C15H17N5O4S.